The van der Waals surface area contributed by atoms with Gasteiger partial charge in [-0.05, 0) is 22.6 Å². The zero-order chi connectivity index (χ0) is 8.91. The van der Waals surface area contributed by atoms with Crippen LogP contribution in [0.3, 0.4) is 0 Å². The lowest BCUT2D eigenvalue weighted by atomic mass is 10.3. The molecule has 0 bridgehead atoms. The molecule has 0 amide bonds. The van der Waals surface area contributed by atoms with Gasteiger partial charge in [0.05, 0.1) is 0 Å². The topological polar surface area (TPSA) is 44.8 Å². The van der Waals surface area contributed by atoms with Gasteiger partial charge in [0, 0.05) is 21.1 Å². The van der Waals surface area contributed by atoms with Gasteiger partial charge < -0.3 is 14.2 Å². The summed E-state index contributed by atoms with van der Waals surface area (Å²) in [6.07, 6.45) is 0. The molecule has 0 aromatic carbocycles. The van der Waals surface area contributed by atoms with Gasteiger partial charge in [0.1, 0.15) is 4.61 Å². The molecule has 0 aliphatic rings. The number of carbonyl (C=O) groups is 1. The van der Waals surface area contributed by atoms with E-state index in [0.717, 1.165) is 0 Å². The van der Waals surface area contributed by atoms with E-state index in [2.05, 4.69) is 4.74 Å². The van der Waals surface area contributed by atoms with Gasteiger partial charge >= 0.3 is 5.97 Å². The summed E-state index contributed by atoms with van der Waals surface area (Å²) in [4.78, 5) is 11.1. The lowest BCUT2D eigenvalue weighted by Crippen LogP contribution is -2.40. The number of halogens is 1. The highest BCUT2D eigenvalue weighted by Gasteiger charge is 2.34. The Hall–Kier alpha value is 0.120. The van der Waals surface area contributed by atoms with Crippen molar-refractivity contribution >= 4 is 28.6 Å². The lowest BCUT2D eigenvalue weighted by molar-refractivity contribution is -0.220. The zero-order valence-corrected chi connectivity index (χ0v) is 8.88. The SMILES string of the molecule is COC(C)(OC)C(=O)OCI. The number of ether oxygens (including phenoxy) is 3. The molecule has 0 aromatic heterocycles. The van der Waals surface area contributed by atoms with Crippen LogP contribution in [0.5, 0.6) is 0 Å². The first kappa shape index (κ1) is 11.1. The minimum absolute atomic E-state index is 0.291. The fraction of sp³-hybridized carbons (Fsp3) is 0.833. The Kier molecular flexibility index (Phi) is 4.94. The van der Waals surface area contributed by atoms with Gasteiger partial charge in [-0.25, -0.2) is 4.79 Å². The van der Waals surface area contributed by atoms with Crippen molar-refractivity contribution in [1.29, 1.82) is 0 Å². The highest BCUT2D eigenvalue weighted by molar-refractivity contribution is 14.1. The van der Waals surface area contributed by atoms with E-state index in [0.29, 0.717) is 4.61 Å². The number of esters is 1. The Morgan fingerprint density at radius 2 is 1.91 bits per heavy atom. The molecule has 0 N–H and O–H groups in total. The molecule has 0 aliphatic heterocycles. The molecular weight excluding hydrogens is 263 g/mol. The lowest BCUT2D eigenvalue weighted by Gasteiger charge is -2.22. The summed E-state index contributed by atoms with van der Waals surface area (Å²) in [5, 5.41) is 0. The molecule has 4 nitrogen and oxygen atoms in total. The van der Waals surface area contributed by atoms with Crippen LogP contribution in [0.4, 0.5) is 0 Å². The van der Waals surface area contributed by atoms with Crippen LogP contribution in [0.1, 0.15) is 6.92 Å². The first-order valence-electron chi connectivity index (χ1n) is 2.94. The molecule has 0 saturated carbocycles. The maximum Gasteiger partial charge on any atom is 0.367 e. The smallest absolute Gasteiger partial charge is 0.367 e. The van der Waals surface area contributed by atoms with E-state index in [4.69, 9.17) is 9.47 Å². The summed E-state index contributed by atoms with van der Waals surface area (Å²) < 4.78 is 14.6. The van der Waals surface area contributed by atoms with E-state index in [9.17, 15) is 4.79 Å². The Labute approximate surface area is 79.3 Å². The number of hydrogen-bond donors (Lipinski definition) is 0. The molecule has 0 aromatic rings. The van der Waals surface area contributed by atoms with Gasteiger partial charge in [0.25, 0.3) is 5.79 Å². The number of rotatable bonds is 4. The molecule has 0 heterocycles. The van der Waals surface area contributed by atoms with Crippen molar-refractivity contribution < 1.29 is 19.0 Å². The van der Waals surface area contributed by atoms with Crippen LogP contribution in [0.25, 0.3) is 0 Å². The minimum Gasteiger partial charge on any atom is -0.451 e. The van der Waals surface area contributed by atoms with Crippen LogP contribution < -0.4 is 0 Å². The van der Waals surface area contributed by atoms with Crippen LogP contribution in [-0.4, -0.2) is 30.6 Å². The maximum absolute atomic E-state index is 11.1. The van der Waals surface area contributed by atoms with Gasteiger partial charge in [-0.2, -0.15) is 0 Å². The van der Waals surface area contributed by atoms with Crippen LogP contribution in [0.15, 0.2) is 0 Å². The Morgan fingerprint density at radius 1 is 1.45 bits per heavy atom. The Morgan fingerprint density at radius 3 is 2.18 bits per heavy atom. The standard InChI is InChI=1S/C6H11IO4/c1-6(9-2,10-3)5(8)11-4-7/h4H2,1-3H3. The van der Waals surface area contributed by atoms with Crippen molar-refractivity contribution in [2.24, 2.45) is 0 Å². The third-order valence-corrected chi connectivity index (χ3v) is 1.65. The van der Waals surface area contributed by atoms with E-state index in [1.165, 1.54) is 21.1 Å². The first-order chi connectivity index (χ1) is 5.10. The third kappa shape index (κ3) is 2.92. The summed E-state index contributed by atoms with van der Waals surface area (Å²) >= 11 is 1.92. The van der Waals surface area contributed by atoms with Gasteiger partial charge in [-0.15, -0.1) is 0 Å². The van der Waals surface area contributed by atoms with Crippen LogP contribution in [-0.2, 0) is 19.0 Å². The van der Waals surface area contributed by atoms with Gasteiger partial charge in [0.2, 0.25) is 0 Å². The molecule has 0 atom stereocenters. The van der Waals surface area contributed by atoms with E-state index in [-0.39, 0.29) is 0 Å². The average molecular weight is 274 g/mol. The normalized spacial score (nSPS) is 11.3. The molecule has 0 fully saturated rings. The van der Waals surface area contributed by atoms with Crippen LogP contribution in [0, 0.1) is 0 Å². The first-order valence-corrected chi connectivity index (χ1v) is 4.46. The highest BCUT2D eigenvalue weighted by Crippen LogP contribution is 2.12. The van der Waals surface area contributed by atoms with Crippen molar-refractivity contribution in [3.05, 3.63) is 0 Å². The maximum atomic E-state index is 11.1. The number of methoxy groups -OCH3 is 2. The predicted molar refractivity (Wildman–Crippen MR) is 47.4 cm³/mol. The fourth-order valence-corrected chi connectivity index (χ4v) is 0.713. The highest BCUT2D eigenvalue weighted by atomic mass is 127. The third-order valence-electron chi connectivity index (χ3n) is 1.34. The van der Waals surface area contributed by atoms with E-state index in [1.54, 1.807) is 0 Å². The number of alkyl halides is 1. The summed E-state index contributed by atoms with van der Waals surface area (Å²) in [7, 11) is 2.77. The second-order valence-corrected chi connectivity index (χ2v) is 2.52. The molecule has 5 heteroatoms. The predicted octanol–water partition coefficient (Wildman–Crippen LogP) is 0.931. The summed E-state index contributed by atoms with van der Waals surface area (Å²) in [6.45, 7) is 1.50. The molecule has 0 rings (SSSR count). The molecule has 0 radical (unpaired) electrons. The molecular formula is C6H11IO4. The molecule has 11 heavy (non-hydrogen) atoms. The second-order valence-electron chi connectivity index (χ2n) is 1.89. The monoisotopic (exact) mass is 274 g/mol. The molecule has 66 valence electrons. The van der Waals surface area contributed by atoms with E-state index >= 15 is 0 Å². The molecule has 0 aliphatic carbocycles. The Bertz CT molecular complexity index is 133. The van der Waals surface area contributed by atoms with Crippen molar-refractivity contribution in [3.63, 3.8) is 0 Å². The van der Waals surface area contributed by atoms with Crippen LogP contribution >= 0.6 is 22.6 Å². The molecule has 0 saturated heterocycles. The summed E-state index contributed by atoms with van der Waals surface area (Å²) in [6, 6.07) is 0. The summed E-state index contributed by atoms with van der Waals surface area (Å²) in [5.74, 6) is -1.79. The number of carbonyl (C=O) groups excluding carboxylic acids is 1. The van der Waals surface area contributed by atoms with E-state index < -0.39 is 11.8 Å². The quantitative estimate of drug-likeness (QED) is 0.331. The van der Waals surface area contributed by atoms with Crippen molar-refractivity contribution in [2.45, 2.75) is 12.7 Å². The molecule has 0 unspecified atom stereocenters. The second kappa shape index (κ2) is 4.89. The minimum atomic E-state index is -1.27. The fourth-order valence-electron chi connectivity index (χ4n) is 0.431. The molecule has 0 spiro atoms. The number of hydrogen-bond acceptors (Lipinski definition) is 4. The van der Waals surface area contributed by atoms with Gasteiger partial charge in [0.15, 0.2) is 0 Å². The Balaban J connectivity index is 4.12. The largest absolute Gasteiger partial charge is 0.451 e. The van der Waals surface area contributed by atoms with Crippen LogP contribution in [0.2, 0.25) is 0 Å². The van der Waals surface area contributed by atoms with E-state index in [1.807, 2.05) is 22.6 Å². The summed E-state index contributed by atoms with van der Waals surface area (Å²) in [5.41, 5.74) is 0. The average Bonchev–Trinajstić information content (AvgIpc) is 2.03. The van der Waals surface area contributed by atoms with Crippen molar-refractivity contribution in [2.75, 3.05) is 18.8 Å². The van der Waals surface area contributed by atoms with Gasteiger partial charge in [-0.3, -0.25) is 0 Å². The zero-order valence-electron chi connectivity index (χ0n) is 6.72. The van der Waals surface area contributed by atoms with Crippen molar-refractivity contribution in [1.82, 2.24) is 0 Å². The van der Waals surface area contributed by atoms with Gasteiger partial charge in [-0.1, -0.05) is 0 Å². The van der Waals surface area contributed by atoms with Crippen molar-refractivity contribution in [3.8, 4) is 0 Å².